The minimum atomic E-state index is -0.651. The highest BCUT2D eigenvalue weighted by Crippen LogP contribution is 2.30. The van der Waals surface area contributed by atoms with Crippen LogP contribution in [0.4, 0.5) is 0 Å². The summed E-state index contributed by atoms with van der Waals surface area (Å²) in [7, 11) is 0. The quantitative estimate of drug-likeness (QED) is 0.656. The van der Waals surface area contributed by atoms with Crippen LogP contribution in [0.15, 0.2) is 12.2 Å². The fraction of sp³-hybridized carbons (Fsp3) is 0.700. The predicted molar refractivity (Wildman–Crippen MR) is 47.8 cm³/mol. The molecule has 1 aliphatic carbocycles. The van der Waals surface area contributed by atoms with Crippen LogP contribution in [0, 0.1) is 17.8 Å². The fourth-order valence-corrected chi connectivity index (χ4v) is 1.92. The van der Waals surface area contributed by atoms with Gasteiger partial charge in [0.05, 0.1) is 5.92 Å². The number of hydrogen-bond donors (Lipinski definition) is 1. The Morgan fingerprint density at radius 1 is 1.58 bits per heavy atom. The fourth-order valence-electron chi connectivity index (χ4n) is 1.92. The highest BCUT2D eigenvalue weighted by Gasteiger charge is 2.30. The minimum Gasteiger partial charge on any atom is -0.481 e. The molecule has 0 radical (unpaired) electrons. The molecule has 68 valence electrons. The van der Waals surface area contributed by atoms with Crippen LogP contribution in [0.3, 0.4) is 0 Å². The summed E-state index contributed by atoms with van der Waals surface area (Å²) in [5.74, 6) is -0.344. The molecule has 2 unspecified atom stereocenters. The Bertz CT molecular complexity index is 194. The van der Waals surface area contributed by atoms with Crippen molar-refractivity contribution in [1.29, 1.82) is 0 Å². The number of allylic oxidation sites excluding steroid dienone is 2. The molecule has 0 aromatic heterocycles. The van der Waals surface area contributed by atoms with Crippen molar-refractivity contribution in [2.45, 2.75) is 26.7 Å². The number of aliphatic carboxylic acids is 1. The van der Waals surface area contributed by atoms with Gasteiger partial charge < -0.3 is 5.11 Å². The molecule has 2 atom stereocenters. The van der Waals surface area contributed by atoms with Crippen LogP contribution in [0.25, 0.3) is 0 Å². The van der Waals surface area contributed by atoms with Gasteiger partial charge in [-0.1, -0.05) is 26.0 Å². The molecule has 0 fully saturated rings. The Morgan fingerprint density at radius 2 is 2.25 bits per heavy atom. The second kappa shape index (κ2) is 3.74. The molecule has 0 bridgehead atoms. The van der Waals surface area contributed by atoms with Gasteiger partial charge in [-0.25, -0.2) is 0 Å². The van der Waals surface area contributed by atoms with Crippen molar-refractivity contribution in [2.75, 3.05) is 0 Å². The van der Waals surface area contributed by atoms with Gasteiger partial charge in [-0.05, 0) is 24.7 Å². The lowest BCUT2D eigenvalue weighted by Gasteiger charge is -2.21. The molecule has 0 saturated heterocycles. The molecule has 0 aromatic rings. The number of carboxylic acid groups (broad SMARTS) is 1. The Kier molecular flexibility index (Phi) is 2.90. The molecule has 0 heterocycles. The Hall–Kier alpha value is -0.790. The van der Waals surface area contributed by atoms with Crippen LogP contribution in [-0.2, 0) is 4.79 Å². The summed E-state index contributed by atoms with van der Waals surface area (Å²) < 4.78 is 0. The van der Waals surface area contributed by atoms with Crippen LogP contribution in [-0.4, -0.2) is 11.1 Å². The third-order valence-electron chi connectivity index (χ3n) is 2.51. The molecule has 1 aliphatic rings. The van der Waals surface area contributed by atoms with E-state index in [1.54, 1.807) is 0 Å². The van der Waals surface area contributed by atoms with E-state index in [0.29, 0.717) is 0 Å². The summed E-state index contributed by atoms with van der Waals surface area (Å²) in [6.07, 6.45) is 6.19. The average molecular weight is 168 g/mol. The number of hydrogen-bond acceptors (Lipinski definition) is 1. The van der Waals surface area contributed by atoms with Gasteiger partial charge >= 0.3 is 5.97 Å². The molecule has 2 heteroatoms. The van der Waals surface area contributed by atoms with Crippen LogP contribution >= 0.6 is 0 Å². The highest BCUT2D eigenvalue weighted by atomic mass is 16.4. The summed E-state index contributed by atoms with van der Waals surface area (Å²) in [5, 5.41) is 8.97. The summed E-state index contributed by atoms with van der Waals surface area (Å²) in [6.45, 7) is 3.95. The number of rotatable bonds is 3. The second-order valence-electron chi connectivity index (χ2n) is 3.78. The molecule has 2 nitrogen and oxygen atoms in total. The van der Waals surface area contributed by atoms with Crippen LogP contribution in [0.1, 0.15) is 26.7 Å². The maximum Gasteiger partial charge on any atom is 0.307 e. The molecule has 0 saturated carbocycles. The van der Waals surface area contributed by atoms with Gasteiger partial charge in [-0.2, -0.15) is 0 Å². The van der Waals surface area contributed by atoms with Gasteiger partial charge in [0.2, 0.25) is 0 Å². The smallest absolute Gasteiger partial charge is 0.307 e. The Balaban J connectivity index is 2.65. The van der Waals surface area contributed by atoms with E-state index < -0.39 is 5.97 Å². The van der Waals surface area contributed by atoms with Crippen molar-refractivity contribution in [2.24, 2.45) is 17.8 Å². The molecular formula is C10H16O2. The van der Waals surface area contributed by atoms with Gasteiger partial charge in [0.1, 0.15) is 0 Å². The summed E-state index contributed by atoms with van der Waals surface area (Å²) in [6, 6.07) is 0. The lowest BCUT2D eigenvalue weighted by molar-refractivity contribution is -0.144. The van der Waals surface area contributed by atoms with Crippen LogP contribution in [0.5, 0.6) is 0 Å². The van der Waals surface area contributed by atoms with Crippen molar-refractivity contribution >= 4 is 5.97 Å². The van der Waals surface area contributed by atoms with Crippen molar-refractivity contribution in [3.8, 4) is 0 Å². The zero-order chi connectivity index (χ0) is 9.14. The van der Waals surface area contributed by atoms with Gasteiger partial charge in [0.25, 0.3) is 0 Å². The SMILES string of the molecule is CC(C)C(C(=O)O)C1C=CCC1. The first-order valence-electron chi connectivity index (χ1n) is 4.52. The maximum absolute atomic E-state index is 10.9. The molecule has 12 heavy (non-hydrogen) atoms. The zero-order valence-electron chi connectivity index (χ0n) is 7.66. The maximum atomic E-state index is 10.9. The minimum absolute atomic E-state index is 0.191. The van der Waals surface area contributed by atoms with E-state index in [9.17, 15) is 4.79 Å². The Morgan fingerprint density at radius 3 is 2.58 bits per heavy atom. The van der Waals surface area contributed by atoms with Crippen molar-refractivity contribution in [3.63, 3.8) is 0 Å². The predicted octanol–water partition coefficient (Wildman–Crippen LogP) is 2.31. The third kappa shape index (κ3) is 1.87. The van der Waals surface area contributed by atoms with Gasteiger partial charge in [-0.3, -0.25) is 4.79 Å². The summed E-state index contributed by atoms with van der Waals surface area (Å²) in [4.78, 5) is 10.9. The van der Waals surface area contributed by atoms with E-state index in [2.05, 4.69) is 12.2 Å². The van der Waals surface area contributed by atoms with Crippen molar-refractivity contribution < 1.29 is 9.90 Å². The highest BCUT2D eigenvalue weighted by molar-refractivity contribution is 5.71. The van der Waals surface area contributed by atoms with Gasteiger partial charge in [-0.15, -0.1) is 0 Å². The van der Waals surface area contributed by atoms with E-state index >= 15 is 0 Å². The normalized spacial score (nSPS) is 24.8. The van der Waals surface area contributed by atoms with E-state index in [4.69, 9.17) is 5.11 Å². The first kappa shape index (κ1) is 9.30. The topological polar surface area (TPSA) is 37.3 Å². The molecule has 0 aromatic carbocycles. The van der Waals surface area contributed by atoms with Crippen LogP contribution in [0.2, 0.25) is 0 Å². The molecule has 1 N–H and O–H groups in total. The average Bonchev–Trinajstić information content (AvgIpc) is 2.37. The van der Waals surface area contributed by atoms with Crippen molar-refractivity contribution in [3.05, 3.63) is 12.2 Å². The Labute approximate surface area is 73.3 Å². The first-order valence-corrected chi connectivity index (χ1v) is 4.52. The van der Waals surface area contributed by atoms with Crippen molar-refractivity contribution in [1.82, 2.24) is 0 Å². The number of carbonyl (C=O) groups is 1. The van der Waals surface area contributed by atoms with Gasteiger partial charge in [0, 0.05) is 0 Å². The lowest BCUT2D eigenvalue weighted by atomic mass is 9.83. The molecule has 0 spiro atoms. The largest absolute Gasteiger partial charge is 0.481 e. The van der Waals surface area contributed by atoms with E-state index in [0.717, 1.165) is 12.8 Å². The summed E-state index contributed by atoms with van der Waals surface area (Å²) >= 11 is 0. The lowest BCUT2D eigenvalue weighted by Crippen LogP contribution is -2.26. The standard InChI is InChI=1S/C10H16O2/c1-7(2)9(10(11)12)8-5-3-4-6-8/h3,5,7-9H,4,6H2,1-2H3,(H,11,12). The molecule has 1 rings (SSSR count). The second-order valence-corrected chi connectivity index (χ2v) is 3.78. The third-order valence-corrected chi connectivity index (χ3v) is 2.51. The van der Waals surface area contributed by atoms with E-state index in [1.165, 1.54) is 0 Å². The number of carboxylic acids is 1. The molecular weight excluding hydrogens is 152 g/mol. The molecule has 0 amide bonds. The van der Waals surface area contributed by atoms with Crippen LogP contribution < -0.4 is 0 Å². The first-order chi connectivity index (χ1) is 5.63. The van der Waals surface area contributed by atoms with E-state index in [1.807, 2.05) is 13.8 Å². The zero-order valence-corrected chi connectivity index (χ0v) is 7.66. The van der Waals surface area contributed by atoms with Gasteiger partial charge in [0.15, 0.2) is 0 Å². The summed E-state index contributed by atoms with van der Waals surface area (Å²) in [5.41, 5.74) is 0. The molecule has 0 aliphatic heterocycles. The monoisotopic (exact) mass is 168 g/mol. The van der Waals surface area contributed by atoms with E-state index in [-0.39, 0.29) is 17.8 Å².